The summed E-state index contributed by atoms with van der Waals surface area (Å²) in [5, 5.41) is 5.37. The number of nitrogens with zero attached hydrogens (tertiary/aromatic N) is 3. The maximum absolute atomic E-state index is 12.7. The molecule has 0 saturated carbocycles. The van der Waals surface area contributed by atoms with Crippen LogP contribution in [0, 0.1) is 11.8 Å². The summed E-state index contributed by atoms with van der Waals surface area (Å²) in [7, 11) is 0. The zero-order valence-corrected chi connectivity index (χ0v) is 14.7. The van der Waals surface area contributed by atoms with Crippen molar-refractivity contribution in [2.75, 3.05) is 19.7 Å². The zero-order valence-electron chi connectivity index (χ0n) is 14.7. The first-order chi connectivity index (χ1) is 12.6. The summed E-state index contributed by atoms with van der Waals surface area (Å²) in [6, 6.07) is 7.88. The van der Waals surface area contributed by atoms with E-state index in [4.69, 9.17) is 10.5 Å². The van der Waals surface area contributed by atoms with Crippen molar-refractivity contribution in [3.05, 3.63) is 30.5 Å². The molecule has 1 aromatic carbocycles. The molecular formula is C19H24N4O3. The van der Waals surface area contributed by atoms with E-state index in [2.05, 4.69) is 5.10 Å². The van der Waals surface area contributed by atoms with Gasteiger partial charge in [0.25, 0.3) is 0 Å². The molecule has 138 valence electrons. The third kappa shape index (κ3) is 3.19. The van der Waals surface area contributed by atoms with Gasteiger partial charge in [-0.2, -0.15) is 5.10 Å². The fourth-order valence-corrected chi connectivity index (χ4v) is 4.24. The number of para-hydroxylation sites is 1. The first-order valence-corrected chi connectivity index (χ1v) is 9.23. The number of benzene rings is 1. The second-order valence-electron chi connectivity index (χ2n) is 7.21. The van der Waals surface area contributed by atoms with Crippen LogP contribution >= 0.6 is 0 Å². The van der Waals surface area contributed by atoms with E-state index in [-0.39, 0.29) is 30.4 Å². The fraction of sp³-hybridized carbons (Fsp3) is 0.526. The van der Waals surface area contributed by atoms with E-state index in [0.29, 0.717) is 32.0 Å². The van der Waals surface area contributed by atoms with Crippen LogP contribution in [0.1, 0.15) is 19.3 Å². The van der Waals surface area contributed by atoms with E-state index < -0.39 is 0 Å². The Kier molecular flexibility index (Phi) is 4.63. The Morgan fingerprint density at radius 1 is 1.19 bits per heavy atom. The van der Waals surface area contributed by atoms with Gasteiger partial charge in [0.15, 0.2) is 0 Å². The molecule has 4 rings (SSSR count). The summed E-state index contributed by atoms with van der Waals surface area (Å²) in [6.07, 6.45) is 4.11. The van der Waals surface area contributed by atoms with Crippen molar-refractivity contribution in [2.45, 2.75) is 31.9 Å². The minimum absolute atomic E-state index is 0.0797. The van der Waals surface area contributed by atoms with Gasteiger partial charge in [0.05, 0.1) is 23.7 Å². The molecule has 7 heteroatoms. The standard InChI is InChI=1S/C19H24N4O3/c20-19(25)15-7-10-26-18(15)13-5-8-22(9-6-13)17(24)12-23-16-4-2-1-3-14(16)11-21-23/h1-4,11,13,15,18H,5-10,12H2,(H2,20,25)/t15-,18+/m0/s1. The fourth-order valence-electron chi connectivity index (χ4n) is 4.24. The van der Waals surface area contributed by atoms with Crippen molar-refractivity contribution in [2.24, 2.45) is 17.6 Å². The first-order valence-electron chi connectivity index (χ1n) is 9.23. The number of nitrogens with two attached hydrogens (primary N) is 1. The van der Waals surface area contributed by atoms with E-state index in [1.54, 1.807) is 10.9 Å². The topological polar surface area (TPSA) is 90.5 Å². The highest BCUT2D eigenvalue weighted by molar-refractivity contribution is 5.82. The molecular weight excluding hydrogens is 332 g/mol. The number of ether oxygens (including phenoxy) is 1. The number of primary amides is 1. The maximum atomic E-state index is 12.7. The molecule has 3 heterocycles. The highest BCUT2D eigenvalue weighted by atomic mass is 16.5. The summed E-state index contributed by atoms with van der Waals surface area (Å²) in [6.45, 7) is 2.23. The summed E-state index contributed by atoms with van der Waals surface area (Å²) in [4.78, 5) is 26.1. The van der Waals surface area contributed by atoms with Gasteiger partial charge in [-0.1, -0.05) is 18.2 Å². The summed E-state index contributed by atoms with van der Waals surface area (Å²) in [5.74, 6) is -0.0741. The average Bonchev–Trinajstić information content (AvgIpc) is 3.29. The van der Waals surface area contributed by atoms with Crippen LogP contribution in [-0.4, -0.2) is 52.3 Å². The molecule has 2 aliphatic rings. The average molecular weight is 356 g/mol. The Balaban J connectivity index is 1.36. The van der Waals surface area contributed by atoms with Gasteiger partial charge in [0.2, 0.25) is 11.8 Å². The lowest BCUT2D eigenvalue weighted by molar-refractivity contribution is -0.135. The van der Waals surface area contributed by atoms with E-state index in [9.17, 15) is 9.59 Å². The lowest BCUT2D eigenvalue weighted by Gasteiger charge is -2.35. The molecule has 7 nitrogen and oxygen atoms in total. The van der Waals surface area contributed by atoms with Crippen LogP contribution in [-0.2, 0) is 20.9 Å². The quantitative estimate of drug-likeness (QED) is 0.890. The Hall–Kier alpha value is -2.41. The molecule has 2 aromatic rings. The number of piperidine rings is 1. The Labute approximate surface area is 152 Å². The predicted octanol–water partition coefficient (Wildman–Crippen LogP) is 1.17. The Bertz CT molecular complexity index is 810. The van der Waals surface area contributed by atoms with Gasteiger partial charge in [-0.25, -0.2) is 0 Å². The highest BCUT2D eigenvalue weighted by Crippen LogP contribution is 2.33. The number of hydrogen-bond acceptors (Lipinski definition) is 4. The number of amides is 2. The predicted molar refractivity (Wildman–Crippen MR) is 96.1 cm³/mol. The zero-order chi connectivity index (χ0) is 18.1. The number of carbonyl (C=O) groups is 2. The molecule has 0 radical (unpaired) electrons. The third-order valence-corrected chi connectivity index (χ3v) is 5.69. The van der Waals surface area contributed by atoms with E-state index in [1.165, 1.54) is 0 Å². The van der Waals surface area contributed by atoms with E-state index >= 15 is 0 Å². The van der Waals surface area contributed by atoms with Crippen LogP contribution in [0.3, 0.4) is 0 Å². The highest BCUT2D eigenvalue weighted by Gasteiger charge is 2.39. The third-order valence-electron chi connectivity index (χ3n) is 5.69. The molecule has 2 fully saturated rings. The lowest BCUT2D eigenvalue weighted by atomic mass is 9.84. The van der Waals surface area contributed by atoms with Crippen molar-refractivity contribution < 1.29 is 14.3 Å². The smallest absolute Gasteiger partial charge is 0.244 e. The molecule has 2 N–H and O–H groups in total. The van der Waals surface area contributed by atoms with Gasteiger partial charge < -0.3 is 15.4 Å². The number of rotatable bonds is 4. The van der Waals surface area contributed by atoms with Crippen LogP contribution in [0.15, 0.2) is 30.5 Å². The SMILES string of the molecule is NC(=O)[C@H]1CCO[C@@H]1C1CCN(C(=O)Cn2ncc3ccccc32)CC1. The van der Waals surface area contributed by atoms with Crippen molar-refractivity contribution in [3.8, 4) is 0 Å². The summed E-state index contributed by atoms with van der Waals surface area (Å²) in [5.41, 5.74) is 6.47. The van der Waals surface area contributed by atoms with Crippen molar-refractivity contribution in [1.82, 2.24) is 14.7 Å². The molecule has 0 bridgehead atoms. The van der Waals surface area contributed by atoms with Gasteiger partial charge in [-0.05, 0) is 31.2 Å². The molecule has 2 amide bonds. The first kappa shape index (κ1) is 17.0. The van der Waals surface area contributed by atoms with Crippen LogP contribution in [0.2, 0.25) is 0 Å². The number of carbonyl (C=O) groups excluding carboxylic acids is 2. The largest absolute Gasteiger partial charge is 0.377 e. The molecule has 0 aliphatic carbocycles. The van der Waals surface area contributed by atoms with Crippen LogP contribution in [0.25, 0.3) is 10.9 Å². The van der Waals surface area contributed by atoms with Crippen molar-refractivity contribution in [3.63, 3.8) is 0 Å². The number of aromatic nitrogens is 2. The van der Waals surface area contributed by atoms with Crippen LogP contribution < -0.4 is 5.73 Å². The van der Waals surface area contributed by atoms with E-state index in [1.807, 2.05) is 29.2 Å². The van der Waals surface area contributed by atoms with Gasteiger partial charge in [-0.15, -0.1) is 0 Å². The van der Waals surface area contributed by atoms with Gasteiger partial charge in [0, 0.05) is 25.1 Å². The van der Waals surface area contributed by atoms with Crippen molar-refractivity contribution >= 4 is 22.7 Å². The molecule has 26 heavy (non-hydrogen) atoms. The van der Waals surface area contributed by atoms with Gasteiger partial charge in [-0.3, -0.25) is 14.3 Å². The molecule has 0 spiro atoms. The Morgan fingerprint density at radius 3 is 2.73 bits per heavy atom. The lowest BCUT2D eigenvalue weighted by Crippen LogP contribution is -2.45. The number of fused-ring (bicyclic) bond motifs is 1. The number of hydrogen-bond donors (Lipinski definition) is 1. The molecule has 2 saturated heterocycles. The molecule has 2 atom stereocenters. The Morgan fingerprint density at radius 2 is 1.96 bits per heavy atom. The number of likely N-dealkylation sites (tertiary alicyclic amines) is 1. The van der Waals surface area contributed by atoms with Crippen LogP contribution in [0.4, 0.5) is 0 Å². The van der Waals surface area contributed by atoms with Crippen molar-refractivity contribution in [1.29, 1.82) is 0 Å². The van der Waals surface area contributed by atoms with Gasteiger partial charge in [0.1, 0.15) is 6.54 Å². The van der Waals surface area contributed by atoms with Gasteiger partial charge >= 0.3 is 0 Å². The minimum atomic E-state index is -0.267. The van der Waals surface area contributed by atoms with Crippen LogP contribution in [0.5, 0.6) is 0 Å². The second-order valence-corrected chi connectivity index (χ2v) is 7.21. The molecule has 2 aliphatic heterocycles. The summed E-state index contributed by atoms with van der Waals surface area (Å²) >= 11 is 0. The molecule has 0 unspecified atom stereocenters. The maximum Gasteiger partial charge on any atom is 0.244 e. The monoisotopic (exact) mass is 356 g/mol. The summed E-state index contributed by atoms with van der Waals surface area (Å²) < 4.78 is 7.53. The minimum Gasteiger partial charge on any atom is -0.377 e. The second kappa shape index (κ2) is 7.07. The molecule has 1 aromatic heterocycles. The van der Waals surface area contributed by atoms with E-state index in [0.717, 1.165) is 23.7 Å². The normalized spacial score (nSPS) is 24.2.